The molecule has 0 saturated carbocycles. The third-order valence-corrected chi connectivity index (χ3v) is 3.40. The first kappa shape index (κ1) is 16.4. The molecule has 1 amide bonds. The second-order valence-electron chi connectivity index (χ2n) is 4.96. The molecule has 4 heteroatoms. The highest BCUT2D eigenvalue weighted by Gasteiger charge is 2.07. The zero-order chi connectivity index (χ0) is 16.7. The Labute approximate surface area is 136 Å². The minimum atomic E-state index is -0.0612. The summed E-state index contributed by atoms with van der Waals surface area (Å²) in [5.74, 6) is 3.82. The zero-order valence-electron chi connectivity index (χ0n) is 13.3. The van der Waals surface area contributed by atoms with Gasteiger partial charge in [-0.1, -0.05) is 18.1 Å². The summed E-state index contributed by atoms with van der Waals surface area (Å²) in [5, 5.41) is 2.85. The molecule has 118 valence electrons. The van der Waals surface area contributed by atoms with Crippen LogP contribution in [-0.4, -0.2) is 20.1 Å². The molecule has 0 fully saturated rings. The highest BCUT2D eigenvalue weighted by atomic mass is 16.5. The van der Waals surface area contributed by atoms with Crippen LogP contribution in [0, 0.1) is 12.3 Å². The van der Waals surface area contributed by atoms with Gasteiger partial charge in [0.25, 0.3) is 0 Å². The van der Waals surface area contributed by atoms with Crippen molar-refractivity contribution in [1.29, 1.82) is 0 Å². The summed E-state index contributed by atoms with van der Waals surface area (Å²) in [4.78, 5) is 12.0. The average molecular weight is 309 g/mol. The number of carbonyl (C=O) groups is 1. The molecule has 2 aromatic carbocycles. The summed E-state index contributed by atoms with van der Waals surface area (Å²) in [6.45, 7) is 0. The number of aryl methyl sites for hydroxylation is 1. The number of amides is 1. The number of terminal acetylenes is 1. The fraction of sp³-hybridized carbons (Fsp3) is 0.211. The predicted octanol–water partition coefficient (Wildman–Crippen LogP) is 3.26. The fourth-order valence-corrected chi connectivity index (χ4v) is 2.20. The zero-order valence-corrected chi connectivity index (χ0v) is 13.3. The number of ether oxygens (including phenoxy) is 2. The average Bonchev–Trinajstić information content (AvgIpc) is 2.59. The van der Waals surface area contributed by atoms with E-state index in [0.29, 0.717) is 30.0 Å². The van der Waals surface area contributed by atoms with Crippen molar-refractivity contribution in [3.63, 3.8) is 0 Å². The summed E-state index contributed by atoms with van der Waals surface area (Å²) < 4.78 is 10.5. The molecule has 0 unspecified atom stereocenters. The third kappa shape index (κ3) is 4.52. The Bertz CT molecular complexity index is 732. The van der Waals surface area contributed by atoms with Gasteiger partial charge in [0.2, 0.25) is 5.91 Å². The number of benzene rings is 2. The first-order valence-electron chi connectivity index (χ1n) is 7.23. The van der Waals surface area contributed by atoms with Crippen molar-refractivity contribution in [3.05, 3.63) is 53.6 Å². The van der Waals surface area contributed by atoms with Crippen LogP contribution in [0.15, 0.2) is 42.5 Å². The molecule has 0 bridgehead atoms. The standard InChI is InChI=1S/C19H19NO3/c1-4-14-6-5-7-16(12-14)20-19(21)11-9-15-8-10-17(22-2)18(13-15)23-3/h1,5-8,10,12-13H,9,11H2,2-3H3,(H,20,21). The van der Waals surface area contributed by atoms with Crippen LogP contribution < -0.4 is 14.8 Å². The Morgan fingerprint density at radius 1 is 1.13 bits per heavy atom. The second kappa shape index (κ2) is 7.90. The van der Waals surface area contributed by atoms with E-state index in [9.17, 15) is 4.79 Å². The molecular weight excluding hydrogens is 290 g/mol. The summed E-state index contributed by atoms with van der Waals surface area (Å²) >= 11 is 0. The Morgan fingerprint density at radius 3 is 2.61 bits per heavy atom. The van der Waals surface area contributed by atoms with Crippen LogP contribution in [0.25, 0.3) is 0 Å². The number of anilines is 1. The van der Waals surface area contributed by atoms with Gasteiger partial charge in [-0.05, 0) is 42.3 Å². The van der Waals surface area contributed by atoms with Crippen LogP contribution in [0.2, 0.25) is 0 Å². The van der Waals surface area contributed by atoms with Gasteiger partial charge in [-0.2, -0.15) is 0 Å². The lowest BCUT2D eigenvalue weighted by Crippen LogP contribution is -2.12. The van der Waals surface area contributed by atoms with Crippen molar-refractivity contribution in [2.45, 2.75) is 12.8 Å². The number of methoxy groups -OCH3 is 2. The van der Waals surface area contributed by atoms with E-state index in [0.717, 1.165) is 11.1 Å². The van der Waals surface area contributed by atoms with Gasteiger partial charge in [0, 0.05) is 17.7 Å². The van der Waals surface area contributed by atoms with Crippen molar-refractivity contribution >= 4 is 11.6 Å². The minimum absolute atomic E-state index is 0.0612. The molecule has 0 aliphatic rings. The lowest BCUT2D eigenvalue weighted by molar-refractivity contribution is -0.116. The molecule has 23 heavy (non-hydrogen) atoms. The van der Waals surface area contributed by atoms with Crippen LogP contribution in [0.4, 0.5) is 5.69 Å². The number of carbonyl (C=O) groups excluding carboxylic acids is 1. The van der Waals surface area contributed by atoms with Gasteiger partial charge in [-0.25, -0.2) is 0 Å². The molecule has 0 aliphatic carbocycles. The fourth-order valence-electron chi connectivity index (χ4n) is 2.20. The molecule has 0 aromatic heterocycles. The predicted molar refractivity (Wildman–Crippen MR) is 90.9 cm³/mol. The molecule has 0 heterocycles. The van der Waals surface area contributed by atoms with E-state index in [1.165, 1.54) is 0 Å². The number of hydrogen-bond donors (Lipinski definition) is 1. The maximum atomic E-state index is 12.0. The number of rotatable bonds is 6. The smallest absolute Gasteiger partial charge is 0.224 e. The Hall–Kier alpha value is -2.93. The van der Waals surface area contributed by atoms with Crippen molar-refractivity contribution in [3.8, 4) is 23.8 Å². The van der Waals surface area contributed by atoms with E-state index in [1.54, 1.807) is 20.3 Å². The van der Waals surface area contributed by atoms with E-state index in [-0.39, 0.29) is 5.91 Å². The van der Waals surface area contributed by atoms with Gasteiger partial charge >= 0.3 is 0 Å². The van der Waals surface area contributed by atoms with Gasteiger partial charge in [-0.15, -0.1) is 6.42 Å². The summed E-state index contributed by atoms with van der Waals surface area (Å²) in [7, 11) is 3.18. The summed E-state index contributed by atoms with van der Waals surface area (Å²) in [6, 6.07) is 12.9. The molecule has 4 nitrogen and oxygen atoms in total. The van der Waals surface area contributed by atoms with Gasteiger partial charge in [0.05, 0.1) is 14.2 Å². The van der Waals surface area contributed by atoms with Gasteiger partial charge in [0.15, 0.2) is 11.5 Å². The van der Waals surface area contributed by atoms with Crippen molar-refractivity contribution < 1.29 is 14.3 Å². The van der Waals surface area contributed by atoms with Crippen LogP contribution in [-0.2, 0) is 11.2 Å². The van der Waals surface area contributed by atoms with E-state index < -0.39 is 0 Å². The molecule has 0 atom stereocenters. The Balaban J connectivity index is 1.95. The third-order valence-electron chi connectivity index (χ3n) is 3.40. The lowest BCUT2D eigenvalue weighted by Gasteiger charge is -2.10. The van der Waals surface area contributed by atoms with Crippen LogP contribution >= 0.6 is 0 Å². The lowest BCUT2D eigenvalue weighted by atomic mass is 10.1. The Kier molecular flexibility index (Phi) is 5.65. The van der Waals surface area contributed by atoms with Gasteiger partial charge < -0.3 is 14.8 Å². The first-order chi connectivity index (χ1) is 11.2. The van der Waals surface area contributed by atoms with Gasteiger partial charge in [-0.3, -0.25) is 4.79 Å². The minimum Gasteiger partial charge on any atom is -0.493 e. The summed E-state index contributed by atoms with van der Waals surface area (Å²) in [5.41, 5.74) is 2.45. The monoisotopic (exact) mass is 309 g/mol. The summed E-state index contributed by atoms with van der Waals surface area (Å²) in [6.07, 6.45) is 6.33. The van der Waals surface area contributed by atoms with Crippen LogP contribution in [0.3, 0.4) is 0 Å². The Morgan fingerprint density at radius 2 is 1.91 bits per heavy atom. The first-order valence-corrected chi connectivity index (χ1v) is 7.23. The van der Waals surface area contributed by atoms with E-state index in [4.69, 9.17) is 15.9 Å². The number of nitrogens with one attached hydrogen (secondary N) is 1. The van der Waals surface area contributed by atoms with Crippen LogP contribution in [0.5, 0.6) is 11.5 Å². The van der Waals surface area contributed by atoms with Crippen LogP contribution in [0.1, 0.15) is 17.5 Å². The molecule has 2 rings (SSSR count). The van der Waals surface area contributed by atoms with E-state index in [2.05, 4.69) is 11.2 Å². The second-order valence-corrected chi connectivity index (χ2v) is 4.96. The molecule has 0 radical (unpaired) electrons. The molecular formula is C19H19NO3. The molecule has 0 spiro atoms. The van der Waals surface area contributed by atoms with Crippen molar-refractivity contribution in [1.82, 2.24) is 0 Å². The normalized spacial score (nSPS) is 9.78. The molecule has 0 aliphatic heterocycles. The number of hydrogen-bond acceptors (Lipinski definition) is 3. The largest absolute Gasteiger partial charge is 0.493 e. The van der Waals surface area contributed by atoms with Crippen molar-refractivity contribution in [2.75, 3.05) is 19.5 Å². The molecule has 1 N–H and O–H groups in total. The highest BCUT2D eigenvalue weighted by Crippen LogP contribution is 2.28. The maximum Gasteiger partial charge on any atom is 0.224 e. The highest BCUT2D eigenvalue weighted by molar-refractivity contribution is 5.91. The van der Waals surface area contributed by atoms with Gasteiger partial charge in [0.1, 0.15) is 0 Å². The molecule has 2 aromatic rings. The SMILES string of the molecule is C#Cc1cccc(NC(=O)CCc2ccc(OC)c(OC)c2)c1. The van der Waals surface area contributed by atoms with E-state index in [1.807, 2.05) is 36.4 Å². The van der Waals surface area contributed by atoms with E-state index >= 15 is 0 Å². The topological polar surface area (TPSA) is 47.6 Å². The quantitative estimate of drug-likeness (QED) is 0.833. The molecule has 0 saturated heterocycles. The maximum absolute atomic E-state index is 12.0. The van der Waals surface area contributed by atoms with Crippen molar-refractivity contribution in [2.24, 2.45) is 0 Å².